The number of benzene rings is 3. The predicted octanol–water partition coefficient (Wildman–Crippen LogP) is 4.35. The maximum Gasteiger partial charge on any atom is 0.261 e. The number of anilines is 2. The van der Waals surface area contributed by atoms with Crippen molar-refractivity contribution in [1.82, 2.24) is 0 Å². The van der Waals surface area contributed by atoms with Crippen LogP contribution in [-0.4, -0.2) is 20.9 Å². The molecule has 0 aromatic heterocycles. The molecule has 0 fully saturated rings. The molecular weight excluding hydrogens is 438 g/mol. The number of halogens is 2. The summed E-state index contributed by atoms with van der Waals surface area (Å²) >= 11 is 0. The van der Waals surface area contributed by atoms with Crippen LogP contribution in [0.3, 0.4) is 0 Å². The van der Waals surface area contributed by atoms with Gasteiger partial charge in [0.05, 0.1) is 11.5 Å². The molecule has 0 saturated heterocycles. The summed E-state index contributed by atoms with van der Waals surface area (Å²) in [6, 6.07) is 13.9. The molecule has 0 saturated carbocycles. The van der Waals surface area contributed by atoms with Crippen LogP contribution in [-0.2, 0) is 21.2 Å². The van der Waals surface area contributed by atoms with Crippen LogP contribution < -0.4 is 14.8 Å². The monoisotopic (exact) mass is 456 g/mol. The minimum absolute atomic E-state index is 0.198. The molecule has 3 aromatic carbocycles. The zero-order valence-corrected chi connectivity index (χ0v) is 17.5. The van der Waals surface area contributed by atoms with E-state index in [1.807, 2.05) is 18.2 Å². The maximum atomic E-state index is 13.3. The number of rotatable bonds is 6. The molecule has 1 heterocycles. The van der Waals surface area contributed by atoms with E-state index < -0.39 is 26.6 Å². The van der Waals surface area contributed by atoms with Crippen LogP contribution in [0.15, 0.2) is 71.6 Å². The van der Waals surface area contributed by atoms with Gasteiger partial charge in [0.25, 0.3) is 10.0 Å². The lowest BCUT2D eigenvalue weighted by Crippen LogP contribution is -2.13. The molecule has 0 aliphatic carbocycles. The number of carbonyl (C=O) groups is 1. The lowest BCUT2D eigenvalue weighted by molar-refractivity contribution is -0.111. The fourth-order valence-electron chi connectivity index (χ4n) is 3.15. The Kier molecular flexibility index (Phi) is 5.91. The van der Waals surface area contributed by atoms with Gasteiger partial charge in [-0.1, -0.05) is 6.07 Å². The summed E-state index contributed by atoms with van der Waals surface area (Å²) in [5, 5.41) is 2.68. The Morgan fingerprint density at radius 3 is 2.44 bits per heavy atom. The Hall–Kier alpha value is -3.72. The summed E-state index contributed by atoms with van der Waals surface area (Å²) in [5.74, 6) is -1.88. The van der Waals surface area contributed by atoms with E-state index in [0.717, 1.165) is 35.4 Å². The molecule has 4 rings (SSSR count). The van der Waals surface area contributed by atoms with Gasteiger partial charge < -0.3 is 10.1 Å². The largest absolute Gasteiger partial charge is 0.493 e. The molecule has 0 bridgehead atoms. The molecular formula is C23H18F2N2O4S. The van der Waals surface area contributed by atoms with E-state index in [1.165, 1.54) is 30.3 Å². The third-order valence-corrected chi connectivity index (χ3v) is 6.13. The molecule has 1 aliphatic rings. The number of ether oxygens (including phenoxy) is 1. The molecule has 0 atom stereocenters. The van der Waals surface area contributed by atoms with Gasteiger partial charge in [0, 0.05) is 23.9 Å². The number of fused-ring (bicyclic) bond motifs is 1. The number of hydrogen-bond acceptors (Lipinski definition) is 4. The van der Waals surface area contributed by atoms with Crippen molar-refractivity contribution in [2.24, 2.45) is 0 Å². The lowest BCUT2D eigenvalue weighted by Gasteiger charge is -2.09. The van der Waals surface area contributed by atoms with Crippen LogP contribution >= 0.6 is 0 Å². The average Bonchev–Trinajstić information content (AvgIpc) is 3.23. The molecule has 3 aromatic rings. The van der Waals surface area contributed by atoms with E-state index in [1.54, 1.807) is 6.08 Å². The number of amides is 1. The summed E-state index contributed by atoms with van der Waals surface area (Å²) in [5.41, 5.74) is 2.64. The van der Waals surface area contributed by atoms with Gasteiger partial charge in [-0.05, 0) is 71.8 Å². The summed E-state index contributed by atoms with van der Waals surface area (Å²) < 4.78 is 58.8. The van der Waals surface area contributed by atoms with E-state index in [4.69, 9.17) is 4.74 Å². The minimum atomic E-state index is -4.10. The van der Waals surface area contributed by atoms with Crippen molar-refractivity contribution in [2.45, 2.75) is 11.3 Å². The smallest absolute Gasteiger partial charge is 0.261 e. The fraction of sp³-hybridized carbons (Fsp3) is 0.0870. The van der Waals surface area contributed by atoms with Crippen LogP contribution in [0.1, 0.15) is 11.1 Å². The first-order valence-electron chi connectivity index (χ1n) is 9.63. The second-order valence-corrected chi connectivity index (χ2v) is 8.73. The van der Waals surface area contributed by atoms with Gasteiger partial charge in [-0.3, -0.25) is 9.52 Å². The molecule has 1 amide bonds. The van der Waals surface area contributed by atoms with Crippen molar-refractivity contribution in [3.05, 3.63) is 89.5 Å². The first-order valence-corrected chi connectivity index (χ1v) is 11.1. The molecule has 164 valence electrons. The summed E-state index contributed by atoms with van der Waals surface area (Å²) in [6.07, 6.45) is 3.94. The molecule has 9 heteroatoms. The summed E-state index contributed by atoms with van der Waals surface area (Å²) in [4.78, 5) is 11.8. The predicted molar refractivity (Wildman–Crippen MR) is 117 cm³/mol. The van der Waals surface area contributed by atoms with Crippen molar-refractivity contribution < 1.29 is 26.7 Å². The van der Waals surface area contributed by atoms with E-state index in [9.17, 15) is 22.0 Å². The summed E-state index contributed by atoms with van der Waals surface area (Å²) in [7, 11) is -4.10. The van der Waals surface area contributed by atoms with Crippen molar-refractivity contribution in [2.75, 3.05) is 16.6 Å². The number of carbonyl (C=O) groups excluding carboxylic acids is 1. The average molecular weight is 456 g/mol. The fourth-order valence-corrected chi connectivity index (χ4v) is 4.22. The van der Waals surface area contributed by atoms with Crippen molar-refractivity contribution >= 4 is 33.4 Å². The lowest BCUT2D eigenvalue weighted by atomic mass is 10.1. The van der Waals surface area contributed by atoms with E-state index in [0.29, 0.717) is 18.4 Å². The van der Waals surface area contributed by atoms with Crippen LogP contribution in [0.5, 0.6) is 5.75 Å². The Labute approximate surface area is 183 Å². The molecule has 0 unspecified atom stereocenters. The van der Waals surface area contributed by atoms with E-state index in [-0.39, 0.29) is 11.6 Å². The molecule has 2 N–H and O–H groups in total. The number of sulfonamides is 1. The SMILES string of the molecule is O=C(/C=C/c1ccc2c(c1)CCO2)Nc1ccc(NS(=O)(=O)c2ccc(F)c(F)c2)cc1. The van der Waals surface area contributed by atoms with E-state index >= 15 is 0 Å². The van der Waals surface area contributed by atoms with Crippen LogP contribution in [0.25, 0.3) is 6.08 Å². The Bertz CT molecular complexity index is 1310. The first-order chi connectivity index (χ1) is 15.3. The Balaban J connectivity index is 1.38. The van der Waals surface area contributed by atoms with Crippen LogP contribution in [0, 0.1) is 11.6 Å². The second kappa shape index (κ2) is 8.80. The van der Waals surface area contributed by atoms with Gasteiger partial charge in [0.15, 0.2) is 11.6 Å². The van der Waals surface area contributed by atoms with Crippen LogP contribution in [0.4, 0.5) is 20.2 Å². The topological polar surface area (TPSA) is 84.5 Å². The Morgan fingerprint density at radius 1 is 0.938 bits per heavy atom. The highest BCUT2D eigenvalue weighted by molar-refractivity contribution is 7.92. The van der Waals surface area contributed by atoms with Gasteiger partial charge >= 0.3 is 0 Å². The van der Waals surface area contributed by atoms with Crippen molar-refractivity contribution in [3.8, 4) is 5.75 Å². The zero-order valence-electron chi connectivity index (χ0n) is 16.6. The van der Waals surface area contributed by atoms with Gasteiger partial charge in [-0.2, -0.15) is 0 Å². The standard InChI is InChI=1S/C23H18F2N2O4S/c24-20-8-7-19(14-21(20)25)32(29,30)27-18-5-3-17(4-6-18)26-23(28)10-2-15-1-9-22-16(13-15)11-12-31-22/h1-10,13-14,27H,11-12H2,(H,26,28)/b10-2+. The molecule has 1 aliphatic heterocycles. The molecule has 6 nitrogen and oxygen atoms in total. The quantitative estimate of drug-likeness (QED) is 0.540. The third kappa shape index (κ3) is 4.94. The molecule has 32 heavy (non-hydrogen) atoms. The highest BCUT2D eigenvalue weighted by Crippen LogP contribution is 2.26. The van der Waals surface area contributed by atoms with Crippen molar-refractivity contribution in [1.29, 1.82) is 0 Å². The van der Waals surface area contributed by atoms with Crippen LogP contribution in [0.2, 0.25) is 0 Å². The third-order valence-electron chi connectivity index (χ3n) is 4.75. The normalized spacial score (nSPS) is 12.9. The second-order valence-electron chi connectivity index (χ2n) is 7.05. The maximum absolute atomic E-state index is 13.3. The number of hydrogen-bond donors (Lipinski definition) is 2. The highest BCUT2D eigenvalue weighted by Gasteiger charge is 2.17. The highest BCUT2D eigenvalue weighted by atomic mass is 32.2. The number of nitrogens with one attached hydrogen (secondary N) is 2. The molecule has 0 spiro atoms. The van der Waals surface area contributed by atoms with Gasteiger partial charge in [0.1, 0.15) is 5.75 Å². The van der Waals surface area contributed by atoms with Gasteiger partial charge in [-0.25, -0.2) is 17.2 Å². The summed E-state index contributed by atoms with van der Waals surface area (Å²) in [6.45, 7) is 0.663. The Morgan fingerprint density at radius 2 is 1.69 bits per heavy atom. The van der Waals surface area contributed by atoms with Gasteiger partial charge in [-0.15, -0.1) is 0 Å². The minimum Gasteiger partial charge on any atom is -0.493 e. The first kappa shape index (κ1) is 21.5. The molecule has 0 radical (unpaired) electrons. The van der Waals surface area contributed by atoms with E-state index in [2.05, 4.69) is 10.0 Å². The van der Waals surface area contributed by atoms with Crippen molar-refractivity contribution in [3.63, 3.8) is 0 Å². The van der Waals surface area contributed by atoms with Gasteiger partial charge in [0.2, 0.25) is 5.91 Å². The zero-order chi connectivity index (χ0) is 22.7.